The highest BCUT2D eigenvalue weighted by Crippen LogP contribution is 2.21. The Morgan fingerprint density at radius 1 is 1.06 bits per heavy atom. The summed E-state index contributed by atoms with van der Waals surface area (Å²) < 4.78 is 0. The van der Waals surface area contributed by atoms with Crippen LogP contribution in [0.5, 0.6) is 0 Å². The molecule has 16 heavy (non-hydrogen) atoms. The highest BCUT2D eigenvalue weighted by Gasteiger charge is 2.19. The molecular weight excluding hydrogens is 241 g/mol. The van der Waals surface area contributed by atoms with Crippen molar-refractivity contribution >= 4 is 23.2 Å². The molecule has 0 saturated heterocycles. The van der Waals surface area contributed by atoms with Gasteiger partial charge in [-0.3, -0.25) is 0 Å². The van der Waals surface area contributed by atoms with Crippen molar-refractivity contribution in [3.63, 3.8) is 0 Å². The highest BCUT2D eigenvalue weighted by atomic mass is 35.5. The molecule has 1 saturated carbocycles. The van der Waals surface area contributed by atoms with Crippen LogP contribution in [0.1, 0.15) is 31.2 Å². The zero-order valence-electron chi connectivity index (χ0n) is 9.31. The molecular formula is C13H17Cl2N. The van der Waals surface area contributed by atoms with Crippen LogP contribution in [0, 0.1) is 0 Å². The fourth-order valence-electron chi connectivity index (χ4n) is 1.80. The second kappa shape index (κ2) is 5.90. The Balaban J connectivity index is 1.67. The average Bonchev–Trinajstić information content (AvgIpc) is 2.99. The van der Waals surface area contributed by atoms with Crippen LogP contribution in [0.3, 0.4) is 0 Å². The zero-order valence-corrected chi connectivity index (χ0v) is 10.8. The summed E-state index contributed by atoms with van der Waals surface area (Å²) in [6, 6.07) is 6.60. The third-order valence-electron chi connectivity index (χ3n) is 2.82. The number of halogens is 2. The molecule has 0 atom stereocenters. The van der Waals surface area contributed by atoms with Crippen LogP contribution < -0.4 is 5.32 Å². The summed E-state index contributed by atoms with van der Waals surface area (Å²) in [5.41, 5.74) is 1.24. The van der Waals surface area contributed by atoms with E-state index in [1.807, 2.05) is 12.1 Å². The maximum absolute atomic E-state index is 5.94. The van der Waals surface area contributed by atoms with Crippen LogP contribution in [0.25, 0.3) is 0 Å². The molecule has 0 amide bonds. The molecule has 1 aromatic rings. The van der Waals surface area contributed by atoms with E-state index in [2.05, 4.69) is 5.32 Å². The van der Waals surface area contributed by atoms with E-state index in [0.29, 0.717) is 0 Å². The summed E-state index contributed by atoms with van der Waals surface area (Å²) in [6.45, 7) is 1.14. The van der Waals surface area contributed by atoms with E-state index in [1.165, 1.54) is 31.2 Å². The van der Waals surface area contributed by atoms with Gasteiger partial charge in [0.05, 0.1) is 0 Å². The van der Waals surface area contributed by atoms with E-state index in [0.717, 1.165) is 29.1 Å². The van der Waals surface area contributed by atoms with Crippen molar-refractivity contribution < 1.29 is 0 Å². The first-order valence-corrected chi connectivity index (χ1v) is 6.68. The van der Waals surface area contributed by atoms with Crippen molar-refractivity contribution in [2.24, 2.45) is 0 Å². The number of aryl methyl sites for hydroxylation is 1. The third-order valence-corrected chi connectivity index (χ3v) is 3.26. The lowest BCUT2D eigenvalue weighted by molar-refractivity contribution is 0.620. The van der Waals surface area contributed by atoms with Crippen LogP contribution in [0.15, 0.2) is 18.2 Å². The number of rotatable bonds is 6. The van der Waals surface area contributed by atoms with E-state index in [1.54, 1.807) is 6.07 Å². The minimum Gasteiger partial charge on any atom is -0.314 e. The molecule has 1 aromatic carbocycles. The van der Waals surface area contributed by atoms with Gasteiger partial charge < -0.3 is 5.32 Å². The van der Waals surface area contributed by atoms with Crippen LogP contribution in [0.4, 0.5) is 0 Å². The van der Waals surface area contributed by atoms with Gasteiger partial charge in [-0.2, -0.15) is 0 Å². The second-order valence-electron chi connectivity index (χ2n) is 4.46. The highest BCUT2D eigenvalue weighted by molar-refractivity contribution is 6.34. The Morgan fingerprint density at radius 3 is 2.38 bits per heavy atom. The van der Waals surface area contributed by atoms with Crippen molar-refractivity contribution in [3.05, 3.63) is 33.8 Å². The van der Waals surface area contributed by atoms with Gasteiger partial charge >= 0.3 is 0 Å². The van der Waals surface area contributed by atoms with Gasteiger partial charge in [-0.15, -0.1) is 0 Å². The zero-order chi connectivity index (χ0) is 11.4. The minimum atomic E-state index is 0.735. The van der Waals surface area contributed by atoms with Crippen molar-refractivity contribution in [3.8, 4) is 0 Å². The lowest BCUT2D eigenvalue weighted by Gasteiger charge is -2.04. The Bertz CT molecular complexity index is 328. The van der Waals surface area contributed by atoms with Crippen LogP contribution in [-0.2, 0) is 6.42 Å². The molecule has 0 aliphatic heterocycles. The van der Waals surface area contributed by atoms with E-state index in [-0.39, 0.29) is 0 Å². The first-order chi connectivity index (χ1) is 7.74. The van der Waals surface area contributed by atoms with Gasteiger partial charge in [-0.1, -0.05) is 23.2 Å². The molecule has 0 bridgehead atoms. The molecule has 2 rings (SSSR count). The average molecular weight is 258 g/mol. The molecule has 1 nitrogen and oxygen atoms in total. The van der Waals surface area contributed by atoms with Crippen molar-refractivity contribution in [2.45, 2.75) is 38.1 Å². The number of hydrogen-bond donors (Lipinski definition) is 1. The summed E-state index contributed by atoms with van der Waals surface area (Å²) in [6.07, 6.45) is 6.21. The summed E-state index contributed by atoms with van der Waals surface area (Å²) >= 11 is 11.9. The van der Waals surface area contributed by atoms with Crippen LogP contribution in [-0.4, -0.2) is 12.6 Å². The minimum absolute atomic E-state index is 0.735. The van der Waals surface area contributed by atoms with Crippen molar-refractivity contribution in [2.75, 3.05) is 6.54 Å². The fourth-order valence-corrected chi connectivity index (χ4v) is 2.37. The Hall–Kier alpha value is -0.240. The number of benzene rings is 1. The molecule has 0 radical (unpaired) electrons. The van der Waals surface area contributed by atoms with Crippen LogP contribution >= 0.6 is 23.2 Å². The molecule has 88 valence electrons. The lowest BCUT2D eigenvalue weighted by atomic mass is 10.1. The molecule has 1 aliphatic rings. The molecule has 0 aromatic heterocycles. The van der Waals surface area contributed by atoms with E-state index >= 15 is 0 Å². The third kappa shape index (κ3) is 4.32. The van der Waals surface area contributed by atoms with Crippen molar-refractivity contribution in [1.29, 1.82) is 0 Å². The largest absolute Gasteiger partial charge is 0.314 e. The van der Waals surface area contributed by atoms with Gasteiger partial charge in [-0.25, -0.2) is 0 Å². The first-order valence-electron chi connectivity index (χ1n) is 5.92. The SMILES string of the molecule is Clc1cc(Cl)cc(CCCCNC2CC2)c1. The van der Waals surface area contributed by atoms with E-state index in [4.69, 9.17) is 23.2 Å². The van der Waals surface area contributed by atoms with E-state index < -0.39 is 0 Å². The molecule has 3 heteroatoms. The van der Waals surface area contributed by atoms with Gasteiger partial charge in [0.15, 0.2) is 0 Å². The normalized spacial score (nSPS) is 15.4. The lowest BCUT2D eigenvalue weighted by Crippen LogP contribution is -2.17. The van der Waals surface area contributed by atoms with Gasteiger partial charge in [0.1, 0.15) is 0 Å². The number of hydrogen-bond acceptors (Lipinski definition) is 1. The quantitative estimate of drug-likeness (QED) is 0.758. The summed E-state index contributed by atoms with van der Waals surface area (Å²) in [7, 11) is 0. The smallest absolute Gasteiger partial charge is 0.0423 e. The van der Waals surface area contributed by atoms with Crippen molar-refractivity contribution in [1.82, 2.24) is 5.32 Å². The summed E-state index contributed by atoms with van der Waals surface area (Å²) in [5.74, 6) is 0. The summed E-state index contributed by atoms with van der Waals surface area (Å²) in [4.78, 5) is 0. The second-order valence-corrected chi connectivity index (χ2v) is 5.34. The standard InChI is InChI=1S/C13H17Cl2N/c14-11-7-10(8-12(15)9-11)3-1-2-6-16-13-4-5-13/h7-9,13,16H,1-6H2. The number of nitrogens with one attached hydrogen (secondary N) is 1. The predicted octanol–water partition coefficient (Wildman–Crippen LogP) is 4.07. The molecule has 1 N–H and O–H groups in total. The molecule has 1 fully saturated rings. The van der Waals surface area contributed by atoms with Gasteiger partial charge in [0.2, 0.25) is 0 Å². The van der Waals surface area contributed by atoms with E-state index in [9.17, 15) is 0 Å². The maximum Gasteiger partial charge on any atom is 0.0423 e. The maximum atomic E-state index is 5.94. The molecule has 0 spiro atoms. The van der Waals surface area contributed by atoms with Gasteiger partial charge in [-0.05, 0) is 62.4 Å². The molecule has 1 aliphatic carbocycles. The molecule has 0 unspecified atom stereocenters. The Labute approximate surface area is 107 Å². The Kier molecular flexibility index (Phi) is 4.51. The predicted molar refractivity (Wildman–Crippen MR) is 70.4 cm³/mol. The van der Waals surface area contributed by atoms with Gasteiger partial charge in [0.25, 0.3) is 0 Å². The number of unbranched alkanes of at least 4 members (excludes halogenated alkanes) is 1. The first kappa shape index (κ1) is 12.2. The monoisotopic (exact) mass is 257 g/mol. The topological polar surface area (TPSA) is 12.0 Å². The summed E-state index contributed by atoms with van der Waals surface area (Å²) in [5, 5.41) is 4.98. The fraction of sp³-hybridized carbons (Fsp3) is 0.538. The van der Waals surface area contributed by atoms with Crippen LogP contribution in [0.2, 0.25) is 10.0 Å². The molecule has 0 heterocycles. The van der Waals surface area contributed by atoms with Gasteiger partial charge in [0, 0.05) is 16.1 Å². The Morgan fingerprint density at radius 2 is 1.75 bits per heavy atom.